The Bertz CT molecular complexity index is 515. The van der Waals surface area contributed by atoms with Gasteiger partial charge in [0.25, 0.3) is 0 Å². The molecule has 1 aromatic carbocycles. The Balaban J connectivity index is 2.52. The van der Waals surface area contributed by atoms with E-state index in [1.54, 1.807) is 6.92 Å². The first kappa shape index (κ1) is 10.9. The Labute approximate surface area is 91.3 Å². The van der Waals surface area contributed by atoms with Crippen LogP contribution in [0.4, 0.5) is 13.2 Å². The molecule has 0 spiro atoms. The molecular formula is C12H10F3N. The topological polar surface area (TPSA) is 12.4 Å². The average molecular weight is 225 g/mol. The Morgan fingerprint density at radius 1 is 1.06 bits per heavy atom. The maximum atomic E-state index is 13.6. The van der Waals surface area contributed by atoms with Gasteiger partial charge >= 0.3 is 0 Å². The lowest BCUT2D eigenvalue weighted by Gasteiger charge is -2.06. The SMILES string of the molecule is CC1=NC(F)=C(c2ccc(C)c(F)c2F)C1. The number of hydrogen-bond acceptors (Lipinski definition) is 1. The van der Waals surface area contributed by atoms with Gasteiger partial charge in [0.1, 0.15) is 0 Å². The number of rotatable bonds is 1. The van der Waals surface area contributed by atoms with Crippen molar-refractivity contribution in [3.8, 4) is 0 Å². The van der Waals surface area contributed by atoms with E-state index in [1.807, 2.05) is 0 Å². The second-order valence-electron chi connectivity index (χ2n) is 3.85. The zero-order valence-electron chi connectivity index (χ0n) is 8.94. The van der Waals surface area contributed by atoms with E-state index in [9.17, 15) is 13.2 Å². The molecule has 0 amide bonds. The Morgan fingerprint density at radius 3 is 2.31 bits per heavy atom. The number of halogens is 3. The number of aliphatic imine (C=N–C) groups is 1. The maximum Gasteiger partial charge on any atom is 0.217 e. The van der Waals surface area contributed by atoms with Gasteiger partial charge in [0.15, 0.2) is 11.6 Å². The zero-order chi connectivity index (χ0) is 11.9. The van der Waals surface area contributed by atoms with E-state index >= 15 is 0 Å². The van der Waals surface area contributed by atoms with E-state index in [1.165, 1.54) is 19.1 Å². The van der Waals surface area contributed by atoms with Crippen molar-refractivity contribution in [2.24, 2.45) is 4.99 Å². The number of nitrogens with zero attached hydrogens (tertiary/aromatic N) is 1. The fraction of sp³-hybridized carbons (Fsp3) is 0.250. The van der Waals surface area contributed by atoms with Crippen molar-refractivity contribution in [1.29, 1.82) is 0 Å². The van der Waals surface area contributed by atoms with Gasteiger partial charge in [0, 0.05) is 23.3 Å². The van der Waals surface area contributed by atoms with E-state index in [4.69, 9.17) is 0 Å². The van der Waals surface area contributed by atoms with E-state index in [0.29, 0.717) is 5.71 Å². The average Bonchev–Trinajstić information content (AvgIpc) is 2.55. The molecule has 0 N–H and O–H groups in total. The lowest BCUT2D eigenvalue weighted by atomic mass is 10.0. The van der Waals surface area contributed by atoms with Crippen molar-refractivity contribution in [3.63, 3.8) is 0 Å². The third-order valence-electron chi connectivity index (χ3n) is 2.57. The summed E-state index contributed by atoms with van der Waals surface area (Å²) in [5.74, 6) is -2.66. The quantitative estimate of drug-likeness (QED) is 0.645. The summed E-state index contributed by atoms with van der Waals surface area (Å²) in [6, 6.07) is 2.82. The van der Waals surface area contributed by atoms with E-state index in [-0.39, 0.29) is 23.1 Å². The van der Waals surface area contributed by atoms with Gasteiger partial charge in [0.05, 0.1) is 0 Å². The van der Waals surface area contributed by atoms with Gasteiger partial charge in [-0.1, -0.05) is 12.1 Å². The molecule has 0 aliphatic carbocycles. The fourth-order valence-electron chi connectivity index (χ4n) is 1.69. The Kier molecular flexibility index (Phi) is 2.58. The highest BCUT2D eigenvalue weighted by atomic mass is 19.2. The molecule has 1 nitrogen and oxygen atoms in total. The first-order valence-electron chi connectivity index (χ1n) is 4.88. The molecule has 0 saturated heterocycles. The largest absolute Gasteiger partial charge is 0.229 e. The van der Waals surface area contributed by atoms with Gasteiger partial charge in [0.2, 0.25) is 5.95 Å². The van der Waals surface area contributed by atoms with Crippen LogP contribution < -0.4 is 0 Å². The zero-order valence-corrected chi connectivity index (χ0v) is 8.94. The minimum absolute atomic E-state index is 0.0406. The summed E-state index contributed by atoms with van der Waals surface area (Å²) in [4.78, 5) is 3.58. The standard InChI is InChI=1S/C12H10F3N/c1-6-3-4-8(11(14)10(6)13)9-5-7(2)16-12(9)15/h3-4H,5H2,1-2H3. The Hall–Kier alpha value is -1.58. The molecule has 16 heavy (non-hydrogen) atoms. The summed E-state index contributed by atoms with van der Waals surface area (Å²) in [6.45, 7) is 3.11. The third-order valence-corrected chi connectivity index (χ3v) is 2.57. The predicted octanol–water partition coefficient (Wildman–Crippen LogP) is 3.78. The highest BCUT2D eigenvalue weighted by Crippen LogP contribution is 2.32. The molecule has 1 heterocycles. The molecular weight excluding hydrogens is 215 g/mol. The first-order valence-corrected chi connectivity index (χ1v) is 4.88. The molecule has 0 fully saturated rings. The Morgan fingerprint density at radius 2 is 1.75 bits per heavy atom. The van der Waals surface area contributed by atoms with Crippen molar-refractivity contribution < 1.29 is 13.2 Å². The van der Waals surface area contributed by atoms with Gasteiger partial charge in [-0.05, 0) is 19.4 Å². The summed E-state index contributed by atoms with van der Waals surface area (Å²) in [7, 11) is 0. The number of benzene rings is 1. The van der Waals surface area contributed by atoms with Crippen molar-refractivity contribution in [2.75, 3.05) is 0 Å². The molecule has 0 saturated carbocycles. The van der Waals surface area contributed by atoms with E-state index < -0.39 is 17.6 Å². The monoisotopic (exact) mass is 225 g/mol. The van der Waals surface area contributed by atoms with Crippen molar-refractivity contribution in [3.05, 3.63) is 40.8 Å². The van der Waals surface area contributed by atoms with Gasteiger partial charge in [-0.25, -0.2) is 13.8 Å². The maximum absolute atomic E-state index is 13.6. The van der Waals surface area contributed by atoms with Crippen LogP contribution in [0.15, 0.2) is 23.1 Å². The third kappa shape index (κ3) is 1.64. The summed E-state index contributed by atoms with van der Waals surface area (Å²) < 4.78 is 40.2. The molecule has 0 unspecified atom stereocenters. The molecule has 4 heteroatoms. The predicted molar refractivity (Wildman–Crippen MR) is 56.8 cm³/mol. The summed E-state index contributed by atoms with van der Waals surface area (Å²) in [5.41, 5.74) is 0.848. The molecule has 1 aromatic rings. The van der Waals surface area contributed by atoms with Crippen LogP contribution in [0.2, 0.25) is 0 Å². The van der Waals surface area contributed by atoms with Crippen molar-refractivity contribution in [2.45, 2.75) is 20.3 Å². The molecule has 1 aliphatic rings. The number of hydrogen-bond donors (Lipinski definition) is 0. The van der Waals surface area contributed by atoms with Gasteiger partial charge in [-0.2, -0.15) is 4.39 Å². The van der Waals surface area contributed by atoms with Gasteiger partial charge < -0.3 is 0 Å². The summed E-state index contributed by atoms with van der Waals surface area (Å²) in [5, 5.41) is 0. The van der Waals surface area contributed by atoms with Crippen molar-refractivity contribution >= 4 is 11.3 Å². The highest BCUT2D eigenvalue weighted by Gasteiger charge is 2.22. The summed E-state index contributed by atoms with van der Waals surface area (Å²) in [6.07, 6.45) is 0.227. The van der Waals surface area contributed by atoms with Crippen LogP contribution in [0.3, 0.4) is 0 Å². The van der Waals surface area contributed by atoms with Crippen LogP contribution in [0, 0.1) is 18.6 Å². The molecule has 0 aromatic heterocycles. The normalized spacial score (nSPS) is 15.7. The van der Waals surface area contributed by atoms with Gasteiger partial charge in [-0.15, -0.1) is 0 Å². The molecule has 1 aliphatic heterocycles. The smallest absolute Gasteiger partial charge is 0.217 e. The van der Waals surface area contributed by atoms with Crippen molar-refractivity contribution in [1.82, 2.24) is 0 Å². The van der Waals surface area contributed by atoms with Crippen LogP contribution >= 0.6 is 0 Å². The molecule has 2 rings (SSSR count). The number of aryl methyl sites for hydroxylation is 1. The van der Waals surface area contributed by atoms with Crippen LogP contribution in [-0.4, -0.2) is 5.71 Å². The van der Waals surface area contributed by atoms with Crippen LogP contribution in [-0.2, 0) is 0 Å². The highest BCUT2D eigenvalue weighted by molar-refractivity contribution is 5.97. The second-order valence-corrected chi connectivity index (χ2v) is 3.85. The first-order chi connectivity index (χ1) is 7.50. The lowest BCUT2D eigenvalue weighted by Crippen LogP contribution is -1.97. The summed E-state index contributed by atoms with van der Waals surface area (Å²) >= 11 is 0. The lowest BCUT2D eigenvalue weighted by molar-refractivity contribution is 0.500. The fourth-order valence-corrected chi connectivity index (χ4v) is 1.69. The molecule has 0 radical (unpaired) electrons. The van der Waals surface area contributed by atoms with E-state index in [2.05, 4.69) is 4.99 Å². The van der Waals surface area contributed by atoms with Gasteiger partial charge in [-0.3, -0.25) is 0 Å². The second kappa shape index (κ2) is 3.77. The van der Waals surface area contributed by atoms with Crippen LogP contribution in [0.5, 0.6) is 0 Å². The molecule has 84 valence electrons. The minimum Gasteiger partial charge on any atom is -0.229 e. The molecule has 0 atom stereocenters. The van der Waals surface area contributed by atoms with Crippen LogP contribution in [0.1, 0.15) is 24.5 Å². The number of allylic oxidation sites excluding steroid dienone is 1. The van der Waals surface area contributed by atoms with Crippen LogP contribution in [0.25, 0.3) is 5.57 Å². The minimum atomic E-state index is -1.00. The van der Waals surface area contributed by atoms with E-state index in [0.717, 1.165) is 0 Å². The molecule has 0 bridgehead atoms.